The fraction of sp³-hybridized carbons (Fsp3) is 0.100. The average molecular weight is 272 g/mol. The SMILES string of the molecule is Nc1ccc(S(=O)(=O)Cc2nccs2)cc1F. The van der Waals surface area contributed by atoms with Crippen LogP contribution in [0.15, 0.2) is 34.7 Å². The first kappa shape index (κ1) is 12.0. The standard InChI is InChI=1S/C10H9FN2O2S2/c11-8-5-7(1-2-9(8)12)17(14,15)6-10-13-3-4-16-10/h1-5H,6,12H2. The van der Waals surface area contributed by atoms with E-state index in [-0.39, 0.29) is 16.3 Å². The Bertz CT molecular complexity index is 624. The Morgan fingerprint density at radius 1 is 1.41 bits per heavy atom. The minimum atomic E-state index is -3.57. The van der Waals surface area contributed by atoms with Gasteiger partial charge in [-0.15, -0.1) is 11.3 Å². The third-order valence-corrected chi connectivity index (χ3v) is 4.72. The quantitative estimate of drug-likeness (QED) is 0.865. The lowest BCUT2D eigenvalue weighted by atomic mass is 10.3. The summed E-state index contributed by atoms with van der Waals surface area (Å²) in [5.41, 5.74) is 5.22. The molecule has 0 amide bonds. The largest absolute Gasteiger partial charge is 0.396 e. The van der Waals surface area contributed by atoms with Gasteiger partial charge in [0.15, 0.2) is 9.84 Å². The topological polar surface area (TPSA) is 73.1 Å². The summed E-state index contributed by atoms with van der Waals surface area (Å²) in [5, 5.41) is 2.16. The van der Waals surface area contributed by atoms with Crippen LogP contribution in [0.3, 0.4) is 0 Å². The molecule has 4 nitrogen and oxygen atoms in total. The van der Waals surface area contributed by atoms with Gasteiger partial charge in [0.1, 0.15) is 16.6 Å². The Morgan fingerprint density at radius 3 is 2.76 bits per heavy atom. The van der Waals surface area contributed by atoms with E-state index in [0.29, 0.717) is 5.01 Å². The number of aromatic nitrogens is 1. The Hall–Kier alpha value is -1.47. The molecule has 0 saturated heterocycles. The number of halogens is 1. The van der Waals surface area contributed by atoms with Gasteiger partial charge in [0.05, 0.1) is 10.6 Å². The number of nitrogens with zero attached hydrogens (tertiary/aromatic N) is 1. The van der Waals surface area contributed by atoms with E-state index < -0.39 is 15.7 Å². The van der Waals surface area contributed by atoms with Crippen LogP contribution in [-0.2, 0) is 15.6 Å². The van der Waals surface area contributed by atoms with E-state index in [0.717, 1.165) is 6.07 Å². The van der Waals surface area contributed by atoms with E-state index in [2.05, 4.69) is 4.98 Å². The van der Waals surface area contributed by atoms with Crippen LogP contribution >= 0.6 is 11.3 Å². The molecular weight excluding hydrogens is 263 g/mol. The maximum absolute atomic E-state index is 13.2. The normalized spacial score (nSPS) is 11.6. The van der Waals surface area contributed by atoms with Gasteiger partial charge in [-0.3, -0.25) is 0 Å². The number of rotatable bonds is 3. The average Bonchev–Trinajstić information content (AvgIpc) is 2.73. The summed E-state index contributed by atoms with van der Waals surface area (Å²) in [4.78, 5) is 3.80. The van der Waals surface area contributed by atoms with Crippen LogP contribution in [0.25, 0.3) is 0 Å². The number of nitrogens with two attached hydrogens (primary N) is 1. The Morgan fingerprint density at radius 2 is 2.18 bits per heavy atom. The maximum Gasteiger partial charge on any atom is 0.185 e. The Kier molecular flexibility index (Phi) is 3.12. The van der Waals surface area contributed by atoms with Crippen molar-refractivity contribution >= 4 is 26.9 Å². The van der Waals surface area contributed by atoms with Gasteiger partial charge in [0.25, 0.3) is 0 Å². The van der Waals surface area contributed by atoms with Gasteiger partial charge < -0.3 is 5.73 Å². The molecule has 1 aromatic heterocycles. The van der Waals surface area contributed by atoms with E-state index in [1.165, 1.54) is 29.7 Å². The fourth-order valence-corrected chi connectivity index (χ4v) is 3.53. The predicted octanol–water partition coefficient (Wildman–Crippen LogP) is 1.84. The molecule has 0 unspecified atom stereocenters. The molecule has 1 aromatic carbocycles. The third-order valence-electron chi connectivity index (χ3n) is 2.13. The van der Waals surface area contributed by atoms with Crippen LogP contribution in [-0.4, -0.2) is 13.4 Å². The van der Waals surface area contributed by atoms with Crippen LogP contribution in [0.2, 0.25) is 0 Å². The van der Waals surface area contributed by atoms with Gasteiger partial charge >= 0.3 is 0 Å². The van der Waals surface area contributed by atoms with E-state index in [1.54, 1.807) is 5.38 Å². The van der Waals surface area contributed by atoms with Crippen molar-refractivity contribution < 1.29 is 12.8 Å². The minimum absolute atomic E-state index is 0.0711. The molecule has 0 atom stereocenters. The van der Waals surface area contributed by atoms with Crippen molar-refractivity contribution in [3.8, 4) is 0 Å². The zero-order valence-corrected chi connectivity index (χ0v) is 10.3. The summed E-state index contributed by atoms with van der Waals surface area (Å²) >= 11 is 1.24. The van der Waals surface area contributed by atoms with Gasteiger partial charge in [0, 0.05) is 11.6 Å². The van der Waals surface area contributed by atoms with Crippen molar-refractivity contribution in [1.29, 1.82) is 0 Å². The molecule has 0 saturated carbocycles. The number of benzene rings is 1. The first-order chi connectivity index (χ1) is 7.99. The van der Waals surface area contributed by atoms with Crippen LogP contribution < -0.4 is 5.73 Å². The molecule has 0 aliphatic rings. The van der Waals surface area contributed by atoms with Crippen molar-refractivity contribution in [2.24, 2.45) is 0 Å². The predicted molar refractivity (Wildman–Crippen MR) is 63.8 cm³/mol. The second-order valence-electron chi connectivity index (χ2n) is 3.37. The maximum atomic E-state index is 13.2. The lowest BCUT2D eigenvalue weighted by Crippen LogP contribution is -2.05. The zero-order chi connectivity index (χ0) is 12.5. The van der Waals surface area contributed by atoms with Gasteiger partial charge in [-0.1, -0.05) is 0 Å². The molecule has 0 fully saturated rings. The monoisotopic (exact) mass is 272 g/mol. The summed E-state index contributed by atoms with van der Waals surface area (Å²) in [7, 11) is -3.57. The molecule has 1 heterocycles. The number of hydrogen-bond donors (Lipinski definition) is 1. The molecule has 0 radical (unpaired) electrons. The smallest absolute Gasteiger partial charge is 0.185 e. The fourth-order valence-electron chi connectivity index (χ4n) is 1.27. The van der Waals surface area contributed by atoms with E-state index in [1.807, 2.05) is 0 Å². The first-order valence-electron chi connectivity index (χ1n) is 4.65. The second-order valence-corrected chi connectivity index (χ2v) is 6.34. The summed E-state index contributed by atoms with van der Waals surface area (Å²) in [6.07, 6.45) is 1.53. The van der Waals surface area contributed by atoms with Crippen LogP contribution in [0, 0.1) is 5.82 Å². The molecule has 0 aliphatic carbocycles. The van der Waals surface area contributed by atoms with Crippen molar-refractivity contribution in [3.05, 3.63) is 40.6 Å². The highest BCUT2D eigenvalue weighted by Gasteiger charge is 2.18. The van der Waals surface area contributed by atoms with E-state index >= 15 is 0 Å². The lowest BCUT2D eigenvalue weighted by molar-refractivity contribution is 0.590. The van der Waals surface area contributed by atoms with Crippen molar-refractivity contribution in [2.45, 2.75) is 10.6 Å². The van der Waals surface area contributed by atoms with Gasteiger partial charge in [-0.2, -0.15) is 0 Å². The minimum Gasteiger partial charge on any atom is -0.396 e. The molecule has 0 aliphatic heterocycles. The highest BCUT2D eigenvalue weighted by Crippen LogP contribution is 2.21. The van der Waals surface area contributed by atoms with Crippen LogP contribution in [0.5, 0.6) is 0 Å². The third kappa shape index (κ3) is 2.62. The summed E-state index contributed by atoms with van der Waals surface area (Å²) < 4.78 is 37.0. The Balaban J connectivity index is 2.35. The summed E-state index contributed by atoms with van der Waals surface area (Å²) in [5.74, 6) is -0.959. The zero-order valence-electron chi connectivity index (χ0n) is 8.63. The molecule has 2 N–H and O–H groups in total. The molecule has 7 heteroatoms. The Labute approximate surface area is 102 Å². The first-order valence-corrected chi connectivity index (χ1v) is 7.18. The van der Waals surface area contributed by atoms with Gasteiger partial charge in [-0.25, -0.2) is 17.8 Å². The molecule has 0 spiro atoms. The summed E-state index contributed by atoms with van der Waals surface area (Å²) in [6.45, 7) is 0. The summed E-state index contributed by atoms with van der Waals surface area (Å²) in [6, 6.07) is 3.46. The second kappa shape index (κ2) is 4.42. The number of hydrogen-bond acceptors (Lipinski definition) is 5. The molecular formula is C10H9FN2O2S2. The number of sulfone groups is 1. The van der Waals surface area contributed by atoms with Crippen molar-refractivity contribution in [1.82, 2.24) is 4.98 Å². The van der Waals surface area contributed by atoms with Crippen molar-refractivity contribution in [2.75, 3.05) is 5.73 Å². The van der Waals surface area contributed by atoms with Gasteiger partial charge in [0.2, 0.25) is 0 Å². The molecule has 17 heavy (non-hydrogen) atoms. The van der Waals surface area contributed by atoms with E-state index in [4.69, 9.17) is 5.73 Å². The van der Waals surface area contributed by atoms with Crippen molar-refractivity contribution in [3.63, 3.8) is 0 Å². The highest BCUT2D eigenvalue weighted by atomic mass is 32.2. The molecule has 90 valence electrons. The highest BCUT2D eigenvalue weighted by molar-refractivity contribution is 7.90. The number of nitrogen functional groups attached to an aromatic ring is 1. The van der Waals surface area contributed by atoms with Gasteiger partial charge in [-0.05, 0) is 18.2 Å². The number of thiazole rings is 1. The lowest BCUT2D eigenvalue weighted by Gasteiger charge is -2.03. The molecule has 2 rings (SSSR count). The number of anilines is 1. The molecule has 2 aromatic rings. The van der Waals surface area contributed by atoms with E-state index in [9.17, 15) is 12.8 Å². The van der Waals surface area contributed by atoms with Crippen LogP contribution in [0.1, 0.15) is 5.01 Å². The van der Waals surface area contributed by atoms with Crippen LogP contribution in [0.4, 0.5) is 10.1 Å². The molecule has 0 bridgehead atoms.